The molecule has 0 aliphatic rings. The van der Waals surface area contributed by atoms with Crippen LogP contribution in [0.4, 0.5) is 5.69 Å². The second-order valence-electron chi connectivity index (χ2n) is 4.06. The number of nitrogens with zero attached hydrogens (tertiary/aromatic N) is 2. The Bertz CT molecular complexity index is 554. The van der Waals surface area contributed by atoms with Gasteiger partial charge in [-0.05, 0) is 25.1 Å². The molecule has 0 aliphatic heterocycles. The predicted molar refractivity (Wildman–Crippen MR) is 75.7 cm³/mol. The smallest absolute Gasteiger partial charge is 0.159 e. The van der Waals surface area contributed by atoms with Crippen molar-refractivity contribution in [3.05, 3.63) is 45.4 Å². The molecule has 2 aromatic rings. The highest BCUT2D eigenvalue weighted by Gasteiger charge is 2.10. The van der Waals surface area contributed by atoms with Crippen molar-refractivity contribution in [2.24, 2.45) is 0 Å². The molecule has 3 nitrogen and oxygen atoms in total. The van der Waals surface area contributed by atoms with E-state index in [2.05, 4.69) is 4.98 Å². The Morgan fingerprint density at radius 3 is 2.83 bits per heavy atom. The van der Waals surface area contributed by atoms with Crippen LogP contribution in [0, 0.1) is 0 Å². The van der Waals surface area contributed by atoms with Crippen molar-refractivity contribution in [1.82, 2.24) is 4.98 Å². The molecule has 94 valence electrons. The zero-order chi connectivity index (χ0) is 13.1. The highest BCUT2D eigenvalue weighted by atomic mass is 35.5. The number of carbonyl (C=O) groups excluding carboxylic acids is 1. The van der Waals surface area contributed by atoms with Gasteiger partial charge in [0, 0.05) is 18.0 Å². The van der Waals surface area contributed by atoms with Crippen LogP contribution in [-0.2, 0) is 6.54 Å². The van der Waals surface area contributed by atoms with E-state index in [4.69, 9.17) is 11.6 Å². The van der Waals surface area contributed by atoms with Gasteiger partial charge in [-0.1, -0.05) is 11.6 Å². The minimum Gasteiger partial charge on any atom is -0.367 e. The first-order valence-electron chi connectivity index (χ1n) is 5.46. The number of anilines is 1. The van der Waals surface area contributed by atoms with Gasteiger partial charge in [-0.15, -0.1) is 11.3 Å². The Morgan fingerprint density at radius 1 is 1.50 bits per heavy atom. The van der Waals surface area contributed by atoms with Gasteiger partial charge in [-0.3, -0.25) is 4.79 Å². The summed E-state index contributed by atoms with van der Waals surface area (Å²) in [6.45, 7) is 2.23. The van der Waals surface area contributed by atoms with E-state index in [9.17, 15) is 4.79 Å². The number of thiazole rings is 1. The minimum absolute atomic E-state index is 0.0191. The van der Waals surface area contributed by atoms with E-state index in [-0.39, 0.29) is 5.78 Å². The molecule has 0 spiro atoms. The maximum Gasteiger partial charge on any atom is 0.159 e. The van der Waals surface area contributed by atoms with Crippen molar-refractivity contribution >= 4 is 34.4 Å². The van der Waals surface area contributed by atoms with E-state index in [0.717, 1.165) is 11.4 Å². The van der Waals surface area contributed by atoms with Gasteiger partial charge in [-0.25, -0.2) is 4.98 Å². The van der Waals surface area contributed by atoms with Gasteiger partial charge in [-0.2, -0.15) is 0 Å². The first kappa shape index (κ1) is 13.1. The zero-order valence-corrected chi connectivity index (χ0v) is 11.8. The average molecular weight is 281 g/mol. The summed E-state index contributed by atoms with van der Waals surface area (Å²) in [7, 11) is 1.95. The molecular weight excluding hydrogens is 268 g/mol. The molecule has 0 bridgehead atoms. The summed E-state index contributed by atoms with van der Waals surface area (Å²) in [5.41, 5.74) is 4.35. The van der Waals surface area contributed by atoms with Crippen LogP contribution in [0.25, 0.3) is 0 Å². The lowest BCUT2D eigenvalue weighted by molar-refractivity contribution is 0.101. The second-order valence-corrected chi connectivity index (χ2v) is 5.18. The van der Waals surface area contributed by atoms with Crippen LogP contribution in [0.3, 0.4) is 0 Å². The summed E-state index contributed by atoms with van der Waals surface area (Å²) < 4.78 is 0. The van der Waals surface area contributed by atoms with Gasteiger partial charge >= 0.3 is 0 Å². The normalized spacial score (nSPS) is 10.4. The number of ketones is 1. The third kappa shape index (κ3) is 2.89. The number of benzene rings is 1. The van der Waals surface area contributed by atoms with Crippen LogP contribution in [0.5, 0.6) is 0 Å². The van der Waals surface area contributed by atoms with Crippen molar-refractivity contribution in [3.63, 3.8) is 0 Å². The SMILES string of the molecule is CC(=O)c1ccc(N(C)Cc2cscn2)c(Cl)c1. The van der Waals surface area contributed by atoms with E-state index in [1.807, 2.05) is 28.9 Å². The zero-order valence-electron chi connectivity index (χ0n) is 10.2. The summed E-state index contributed by atoms with van der Waals surface area (Å²) in [5.74, 6) is 0.0191. The van der Waals surface area contributed by atoms with Gasteiger partial charge in [0.05, 0.1) is 28.5 Å². The molecule has 0 aliphatic carbocycles. The number of hydrogen-bond donors (Lipinski definition) is 0. The summed E-state index contributed by atoms with van der Waals surface area (Å²) >= 11 is 7.77. The van der Waals surface area contributed by atoms with Gasteiger partial charge in [0.1, 0.15) is 0 Å². The maximum absolute atomic E-state index is 11.3. The van der Waals surface area contributed by atoms with E-state index in [1.54, 1.807) is 23.5 Å². The minimum atomic E-state index is 0.0191. The number of halogens is 1. The second kappa shape index (κ2) is 5.50. The lowest BCUT2D eigenvalue weighted by Crippen LogP contribution is -2.17. The molecule has 1 aromatic carbocycles. The average Bonchev–Trinajstić information content (AvgIpc) is 2.81. The standard InChI is InChI=1S/C13H13ClN2OS/c1-9(17)10-3-4-13(12(14)5-10)16(2)6-11-7-18-8-15-11/h3-5,7-8H,6H2,1-2H3. The third-order valence-electron chi connectivity index (χ3n) is 2.65. The molecule has 0 saturated heterocycles. The lowest BCUT2D eigenvalue weighted by Gasteiger charge is -2.19. The molecular formula is C13H13ClN2OS. The summed E-state index contributed by atoms with van der Waals surface area (Å²) in [6, 6.07) is 5.36. The third-order valence-corrected chi connectivity index (χ3v) is 3.59. The number of hydrogen-bond acceptors (Lipinski definition) is 4. The number of Topliss-reactive ketones (excluding diaryl/α,β-unsaturated/α-hetero) is 1. The number of rotatable bonds is 4. The largest absolute Gasteiger partial charge is 0.367 e. The van der Waals surface area contributed by atoms with Crippen LogP contribution in [0.2, 0.25) is 5.02 Å². The Labute approximate surface area is 115 Å². The number of carbonyl (C=O) groups is 1. The van der Waals surface area contributed by atoms with Gasteiger partial charge < -0.3 is 4.90 Å². The van der Waals surface area contributed by atoms with Gasteiger partial charge in [0.15, 0.2) is 5.78 Å². The highest BCUT2D eigenvalue weighted by molar-refractivity contribution is 7.07. The molecule has 1 aromatic heterocycles. The Hall–Kier alpha value is -1.39. The van der Waals surface area contributed by atoms with Crippen molar-refractivity contribution in [2.75, 3.05) is 11.9 Å². The predicted octanol–water partition coefficient (Wildman–Crippen LogP) is 3.64. The first-order valence-corrected chi connectivity index (χ1v) is 6.78. The molecule has 1 heterocycles. The summed E-state index contributed by atoms with van der Waals surface area (Å²) in [4.78, 5) is 17.5. The molecule has 0 saturated carbocycles. The Morgan fingerprint density at radius 2 is 2.28 bits per heavy atom. The molecule has 0 atom stereocenters. The Kier molecular flexibility index (Phi) is 3.99. The van der Waals surface area contributed by atoms with Crippen LogP contribution in [0.15, 0.2) is 29.1 Å². The quantitative estimate of drug-likeness (QED) is 0.802. The molecule has 0 unspecified atom stereocenters. The fourth-order valence-electron chi connectivity index (χ4n) is 1.68. The van der Waals surface area contributed by atoms with Gasteiger partial charge in [0.25, 0.3) is 0 Å². The van der Waals surface area contributed by atoms with Crippen molar-refractivity contribution in [3.8, 4) is 0 Å². The topological polar surface area (TPSA) is 33.2 Å². The molecule has 5 heteroatoms. The van der Waals surface area contributed by atoms with E-state index in [0.29, 0.717) is 17.1 Å². The van der Waals surface area contributed by atoms with Crippen LogP contribution >= 0.6 is 22.9 Å². The monoisotopic (exact) mass is 280 g/mol. The molecule has 2 rings (SSSR count). The van der Waals surface area contributed by atoms with Crippen molar-refractivity contribution < 1.29 is 4.79 Å². The van der Waals surface area contributed by atoms with Crippen LogP contribution in [0.1, 0.15) is 23.0 Å². The Balaban J connectivity index is 2.20. The maximum atomic E-state index is 11.3. The van der Waals surface area contributed by atoms with Gasteiger partial charge in [0.2, 0.25) is 0 Å². The molecule has 0 N–H and O–H groups in total. The first-order chi connectivity index (χ1) is 8.58. The molecule has 0 radical (unpaired) electrons. The molecule has 0 fully saturated rings. The summed E-state index contributed by atoms with van der Waals surface area (Å²) in [6.07, 6.45) is 0. The fourth-order valence-corrected chi connectivity index (χ4v) is 2.55. The highest BCUT2D eigenvalue weighted by Crippen LogP contribution is 2.27. The molecule has 0 amide bonds. The van der Waals surface area contributed by atoms with Crippen molar-refractivity contribution in [1.29, 1.82) is 0 Å². The number of aromatic nitrogens is 1. The van der Waals surface area contributed by atoms with Crippen molar-refractivity contribution in [2.45, 2.75) is 13.5 Å². The van der Waals surface area contributed by atoms with Crippen LogP contribution < -0.4 is 4.90 Å². The van der Waals surface area contributed by atoms with Crippen LogP contribution in [-0.4, -0.2) is 17.8 Å². The summed E-state index contributed by atoms with van der Waals surface area (Å²) in [5, 5.41) is 2.59. The fraction of sp³-hybridized carbons (Fsp3) is 0.231. The molecule has 18 heavy (non-hydrogen) atoms. The van der Waals surface area contributed by atoms with E-state index >= 15 is 0 Å². The van der Waals surface area contributed by atoms with E-state index < -0.39 is 0 Å². The lowest BCUT2D eigenvalue weighted by atomic mass is 10.1. The van der Waals surface area contributed by atoms with E-state index in [1.165, 1.54) is 6.92 Å².